The van der Waals surface area contributed by atoms with Crippen LogP contribution in [0.2, 0.25) is 0 Å². The van der Waals surface area contributed by atoms with Crippen LogP contribution in [0.3, 0.4) is 0 Å². The van der Waals surface area contributed by atoms with Crippen molar-refractivity contribution in [1.82, 2.24) is 5.32 Å². The molecular formula is C17H18BrNO. The second-order valence-electron chi connectivity index (χ2n) is 5.05. The first-order valence-electron chi connectivity index (χ1n) is 6.67. The summed E-state index contributed by atoms with van der Waals surface area (Å²) in [6, 6.07) is 16.1. The van der Waals surface area contributed by atoms with Crippen molar-refractivity contribution in [1.29, 1.82) is 0 Å². The third-order valence-electron chi connectivity index (χ3n) is 3.13. The standard InChI is InChI=1S/C17H18BrNO/c1-12-8-9-16(18)15(10-12)17(20)19-13(2)11-14-6-4-3-5-7-14/h3-10,13H,11H2,1-2H3,(H,19,20). The van der Waals surface area contributed by atoms with Gasteiger partial charge in [-0.3, -0.25) is 4.79 Å². The maximum absolute atomic E-state index is 12.3. The lowest BCUT2D eigenvalue weighted by Crippen LogP contribution is -2.34. The molecule has 2 aromatic carbocycles. The van der Waals surface area contributed by atoms with Crippen molar-refractivity contribution in [3.8, 4) is 0 Å². The zero-order chi connectivity index (χ0) is 14.5. The lowest BCUT2D eigenvalue weighted by molar-refractivity contribution is 0.0939. The van der Waals surface area contributed by atoms with E-state index in [2.05, 4.69) is 33.4 Å². The minimum Gasteiger partial charge on any atom is -0.349 e. The van der Waals surface area contributed by atoms with Gasteiger partial charge < -0.3 is 5.32 Å². The fourth-order valence-corrected chi connectivity index (χ4v) is 2.56. The first-order valence-corrected chi connectivity index (χ1v) is 7.46. The Bertz CT molecular complexity index is 595. The molecule has 0 bridgehead atoms. The van der Waals surface area contributed by atoms with Crippen molar-refractivity contribution in [3.63, 3.8) is 0 Å². The minimum absolute atomic E-state index is 0.0380. The smallest absolute Gasteiger partial charge is 0.252 e. The molecule has 0 aliphatic carbocycles. The molecule has 0 fully saturated rings. The van der Waals surface area contributed by atoms with E-state index in [1.54, 1.807) is 0 Å². The highest BCUT2D eigenvalue weighted by molar-refractivity contribution is 9.10. The molecule has 0 saturated heterocycles. The van der Waals surface area contributed by atoms with Crippen LogP contribution in [0.25, 0.3) is 0 Å². The van der Waals surface area contributed by atoms with E-state index in [-0.39, 0.29) is 11.9 Å². The van der Waals surface area contributed by atoms with E-state index < -0.39 is 0 Å². The van der Waals surface area contributed by atoms with E-state index in [4.69, 9.17) is 0 Å². The summed E-state index contributed by atoms with van der Waals surface area (Å²) < 4.78 is 0.826. The number of hydrogen-bond donors (Lipinski definition) is 1. The molecule has 2 nitrogen and oxygen atoms in total. The molecular weight excluding hydrogens is 314 g/mol. The zero-order valence-electron chi connectivity index (χ0n) is 11.7. The van der Waals surface area contributed by atoms with Gasteiger partial charge in [0.15, 0.2) is 0 Å². The van der Waals surface area contributed by atoms with E-state index >= 15 is 0 Å². The molecule has 0 aliphatic heterocycles. The van der Waals surface area contributed by atoms with Gasteiger partial charge >= 0.3 is 0 Å². The third kappa shape index (κ3) is 3.94. The molecule has 1 amide bonds. The molecule has 2 rings (SSSR count). The van der Waals surface area contributed by atoms with Gasteiger partial charge in [0.1, 0.15) is 0 Å². The molecule has 0 heterocycles. The molecule has 0 spiro atoms. The summed E-state index contributed by atoms with van der Waals surface area (Å²) in [5.41, 5.74) is 2.99. The van der Waals surface area contributed by atoms with E-state index in [9.17, 15) is 4.79 Å². The van der Waals surface area contributed by atoms with Crippen LogP contribution in [0.4, 0.5) is 0 Å². The summed E-state index contributed by atoms with van der Waals surface area (Å²) in [6.45, 7) is 4.01. The molecule has 0 saturated carbocycles. The van der Waals surface area contributed by atoms with Gasteiger partial charge in [0.05, 0.1) is 5.56 Å². The van der Waals surface area contributed by atoms with Gasteiger partial charge in [0.2, 0.25) is 0 Å². The average Bonchev–Trinajstić information content (AvgIpc) is 2.42. The van der Waals surface area contributed by atoms with E-state index in [1.807, 2.05) is 50.2 Å². The van der Waals surface area contributed by atoms with E-state index in [1.165, 1.54) is 5.56 Å². The number of benzene rings is 2. The van der Waals surface area contributed by atoms with Gasteiger partial charge in [-0.1, -0.05) is 42.0 Å². The molecule has 3 heteroatoms. The van der Waals surface area contributed by atoms with Crippen LogP contribution in [0.15, 0.2) is 53.0 Å². The number of carbonyl (C=O) groups is 1. The number of carbonyl (C=O) groups excluding carboxylic acids is 1. The second-order valence-corrected chi connectivity index (χ2v) is 5.90. The van der Waals surface area contributed by atoms with Crippen LogP contribution in [-0.4, -0.2) is 11.9 Å². The molecule has 2 aromatic rings. The van der Waals surface area contributed by atoms with Crippen molar-refractivity contribution in [2.75, 3.05) is 0 Å². The third-order valence-corrected chi connectivity index (χ3v) is 3.82. The van der Waals surface area contributed by atoms with Crippen LogP contribution in [0.1, 0.15) is 28.4 Å². The molecule has 1 N–H and O–H groups in total. The topological polar surface area (TPSA) is 29.1 Å². The Morgan fingerprint density at radius 2 is 1.90 bits per heavy atom. The number of nitrogens with one attached hydrogen (secondary N) is 1. The summed E-state index contributed by atoms with van der Waals surface area (Å²) in [7, 11) is 0. The Morgan fingerprint density at radius 1 is 1.20 bits per heavy atom. The summed E-state index contributed by atoms with van der Waals surface area (Å²) in [5.74, 6) is -0.0380. The maximum Gasteiger partial charge on any atom is 0.252 e. The number of rotatable bonds is 4. The normalized spacial score (nSPS) is 11.9. The van der Waals surface area contributed by atoms with Gasteiger partial charge in [-0.25, -0.2) is 0 Å². The Hall–Kier alpha value is -1.61. The molecule has 0 aromatic heterocycles. The van der Waals surface area contributed by atoms with Gasteiger partial charge in [-0.2, -0.15) is 0 Å². The van der Waals surface area contributed by atoms with Gasteiger partial charge in [-0.05, 0) is 53.9 Å². The number of amides is 1. The van der Waals surface area contributed by atoms with Crippen molar-refractivity contribution in [2.45, 2.75) is 26.3 Å². The molecule has 0 radical (unpaired) electrons. The van der Waals surface area contributed by atoms with E-state index in [0.29, 0.717) is 5.56 Å². The highest BCUT2D eigenvalue weighted by Crippen LogP contribution is 2.18. The molecule has 20 heavy (non-hydrogen) atoms. The van der Waals surface area contributed by atoms with Crippen molar-refractivity contribution >= 4 is 21.8 Å². The summed E-state index contributed by atoms with van der Waals surface area (Å²) in [5, 5.41) is 3.04. The molecule has 1 atom stereocenters. The van der Waals surface area contributed by atoms with Gasteiger partial charge in [0.25, 0.3) is 5.91 Å². The monoisotopic (exact) mass is 331 g/mol. The Balaban J connectivity index is 2.02. The van der Waals surface area contributed by atoms with Crippen LogP contribution < -0.4 is 5.32 Å². The highest BCUT2D eigenvalue weighted by Gasteiger charge is 2.13. The molecule has 1 unspecified atom stereocenters. The maximum atomic E-state index is 12.3. The predicted molar refractivity (Wildman–Crippen MR) is 86.0 cm³/mol. The summed E-state index contributed by atoms with van der Waals surface area (Å²) in [6.07, 6.45) is 0.829. The van der Waals surface area contributed by atoms with E-state index in [0.717, 1.165) is 16.5 Å². The molecule has 104 valence electrons. The van der Waals surface area contributed by atoms with Gasteiger partial charge in [-0.15, -0.1) is 0 Å². The average molecular weight is 332 g/mol. The van der Waals surface area contributed by atoms with Crippen LogP contribution in [-0.2, 0) is 6.42 Å². The quantitative estimate of drug-likeness (QED) is 0.897. The SMILES string of the molecule is Cc1ccc(Br)c(C(=O)NC(C)Cc2ccccc2)c1. The minimum atomic E-state index is -0.0380. The fraction of sp³-hybridized carbons (Fsp3) is 0.235. The highest BCUT2D eigenvalue weighted by atomic mass is 79.9. The van der Waals surface area contributed by atoms with Crippen molar-refractivity contribution in [2.24, 2.45) is 0 Å². The fourth-order valence-electron chi connectivity index (χ4n) is 2.13. The van der Waals surface area contributed by atoms with Gasteiger partial charge in [0, 0.05) is 10.5 Å². The Kier molecular flexibility index (Phi) is 4.96. The molecule has 0 aliphatic rings. The van der Waals surface area contributed by atoms with Crippen molar-refractivity contribution in [3.05, 3.63) is 69.7 Å². The Labute approximate surface area is 128 Å². The van der Waals surface area contributed by atoms with Crippen LogP contribution in [0.5, 0.6) is 0 Å². The Morgan fingerprint density at radius 3 is 2.60 bits per heavy atom. The second kappa shape index (κ2) is 6.71. The lowest BCUT2D eigenvalue weighted by Gasteiger charge is -2.15. The summed E-state index contributed by atoms with van der Waals surface area (Å²) in [4.78, 5) is 12.3. The van der Waals surface area contributed by atoms with Crippen LogP contribution in [0, 0.1) is 6.92 Å². The van der Waals surface area contributed by atoms with Crippen LogP contribution >= 0.6 is 15.9 Å². The first kappa shape index (κ1) is 14.8. The largest absolute Gasteiger partial charge is 0.349 e. The summed E-state index contributed by atoms with van der Waals surface area (Å²) >= 11 is 3.43. The number of aryl methyl sites for hydroxylation is 1. The lowest BCUT2D eigenvalue weighted by atomic mass is 10.1. The van der Waals surface area contributed by atoms with Crippen molar-refractivity contribution < 1.29 is 4.79 Å². The number of hydrogen-bond acceptors (Lipinski definition) is 1. The zero-order valence-corrected chi connectivity index (χ0v) is 13.3. The first-order chi connectivity index (χ1) is 9.56. The predicted octanol–water partition coefficient (Wildman–Crippen LogP) is 4.12. The number of halogens is 1.